The van der Waals surface area contributed by atoms with Crippen molar-refractivity contribution in [2.45, 2.75) is 44.0 Å². The van der Waals surface area contributed by atoms with Crippen molar-refractivity contribution >= 4 is 42.3 Å². The fourth-order valence-electron chi connectivity index (χ4n) is 3.94. The first-order chi connectivity index (χ1) is 15.9. The van der Waals surface area contributed by atoms with Gasteiger partial charge in [-0.2, -0.15) is 0 Å². The number of carbonyl (C=O) groups excluding carboxylic acids is 1. The van der Waals surface area contributed by atoms with Crippen molar-refractivity contribution in [1.29, 1.82) is 0 Å². The molecule has 0 spiro atoms. The molecule has 176 valence electrons. The van der Waals surface area contributed by atoms with E-state index in [9.17, 15) is 9.36 Å². The Morgan fingerprint density at radius 1 is 1.21 bits per heavy atom. The van der Waals surface area contributed by atoms with Gasteiger partial charge < -0.3 is 18.8 Å². The van der Waals surface area contributed by atoms with Gasteiger partial charge in [0.25, 0.3) is 5.91 Å². The Morgan fingerprint density at radius 2 is 1.91 bits per heavy atom. The third kappa shape index (κ3) is 5.12. The number of aromatic nitrogens is 1. The maximum absolute atomic E-state index is 13.2. The highest BCUT2D eigenvalue weighted by atomic mass is 32.2. The number of carbonyl (C=O) groups is 1. The van der Waals surface area contributed by atoms with E-state index in [0.29, 0.717) is 29.7 Å². The minimum atomic E-state index is -3.17. The number of nitrogens with zero attached hydrogens (tertiary/aromatic N) is 1. The molecule has 0 fully saturated rings. The van der Waals surface area contributed by atoms with E-state index in [2.05, 4.69) is 10.3 Å². The van der Waals surface area contributed by atoms with Crippen LogP contribution < -0.4 is 5.32 Å². The number of thiophene rings is 1. The van der Waals surface area contributed by atoms with Crippen molar-refractivity contribution in [3.8, 4) is 11.3 Å². The van der Waals surface area contributed by atoms with E-state index in [-0.39, 0.29) is 12.1 Å². The maximum atomic E-state index is 13.2. The number of thioether (sulfide) groups is 1. The van der Waals surface area contributed by atoms with Crippen LogP contribution in [0.2, 0.25) is 0 Å². The highest BCUT2D eigenvalue weighted by Crippen LogP contribution is 2.51. The maximum Gasteiger partial charge on any atom is 0.335 e. The molecule has 1 N–H and O–H groups in total. The third-order valence-electron chi connectivity index (χ3n) is 5.25. The Kier molecular flexibility index (Phi) is 7.46. The van der Waals surface area contributed by atoms with Gasteiger partial charge in [-0.25, -0.2) is 4.98 Å². The van der Waals surface area contributed by atoms with Crippen LogP contribution in [0.15, 0.2) is 32.9 Å². The van der Waals surface area contributed by atoms with Crippen LogP contribution in [0.5, 0.6) is 0 Å². The first-order valence-electron chi connectivity index (χ1n) is 10.8. The summed E-state index contributed by atoms with van der Waals surface area (Å²) in [4.78, 5) is 18.4. The number of aryl methyl sites for hydroxylation is 2. The SMILES string of the molecule is CCOP(=O)(Cc1ccc(NC(=O)c2sc(SC)c3c2CCc2nc(C)oc2-3)cc1)OCC. The molecule has 7 nitrogen and oxygen atoms in total. The first-order valence-corrected chi connectivity index (χ1v) is 14.6. The topological polar surface area (TPSA) is 90.7 Å². The van der Waals surface area contributed by atoms with Gasteiger partial charge in [0, 0.05) is 18.2 Å². The molecule has 0 bridgehead atoms. The summed E-state index contributed by atoms with van der Waals surface area (Å²) in [5, 5.41) is 3.00. The number of hydrogen-bond donors (Lipinski definition) is 1. The quantitative estimate of drug-likeness (QED) is 0.260. The van der Waals surface area contributed by atoms with Gasteiger partial charge in [0.05, 0.1) is 34.2 Å². The predicted molar refractivity (Wildman–Crippen MR) is 133 cm³/mol. The Bertz CT molecular complexity index is 1190. The van der Waals surface area contributed by atoms with Crippen LogP contribution in [0.25, 0.3) is 11.3 Å². The molecule has 0 unspecified atom stereocenters. The van der Waals surface area contributed by atoms with E-state index in [4.69, 9.17) is 13.5 Å². The molecule has 1 amide bonds. The minimum Gasteiger partial charge on any atom is -0.441 e. The van der Waals surface area contributed by atoms with Crippen molar-refractivity contribution in [2.75, 3.05) is 24.8 Å². The molecule has 0 radical (unpaired) electrons. The molecular weight excluding hydrogens is 479 g/mol. The number of nitrogens with one attached hydrogen (secondary N) is 1. The molecule has 2 heterocycles. The van der Waals surface area contributed by atoms with Crippen molar-refractivity contribution < 1.29 is 22.8 Å². The minimum absolute atomic E-state index is 0.140. The van der Waals surface area contributed by atoms with Crippen LogP contribution in [0.3, 0.4) is 0 Å². The molecule has 2 aromatic heterocycles. The summed E-state index contributed by atoms with van der Waals surface area (Å²) in [6.07, 6.45) is 3.72. The van der Waals surface area contributed by atoms with E-state index in [0.717, 1.165) is 45.2 Å². The van der Waals surface area contributed by atoms with Gasteiger partial charge in [-0.1, -0.05) is 12.1 Å². The standard InChI is InChI=1S/C23H27N2O5PS2/c1-5-28-31(27,29-6-2)13-15-7-9-16(10-8-15)25-22(26)21-17-11-12-18-20(30-14(3)24-18)19(17)23(32-4)33-21/h7-10H,5-6,11-13H2,1-4H3,(H,25,26). The normalized spacial score (nSPS) is 13.0. The lowest BCUT2D eigenvalue weighted by Crippen LogP contribution is -2.14. The largest absolute Gasteiger partial charge is 0.441 e. The average molecular weight is 507 g/mol. The van der Waals surface area contributed by atoms with E-state index in [1.165, 1.54) is 11.3 Å². The second-order valence-corrected chi connectivity index (χ2v) is 11.7. The smallest absolute Gasteiger partial charge is 0.335 e. The summed E-state index contributed by atoms with van der Waals surface area (Å²) < 4.78 is 30.4. The van der Waals surface area contributed by atoms with Gasteiger partial charge in [-0.05, 0) is 56.2 Å². The molecule has 0 aliphatic heterocycles. The average Bonchev–Trinajstić information content (AvgIpc) is 3.34. The van der Waals surface area contributed by atoms with Crippen molar-refractivity contribution in [1.82, 2.24) is 4.98 Å². The summed E-state index contributed by atoms with van der Waals surface area (Å²) >= 11 is 3.11. The molecular formula is C23H27N2O5PS2. The van der Waals surface area contributed by atoms with Gasteiger partial charge >= 0.3 is 7.60 Å². The second-order valence-electron chi connectivity index (χ2n) is 7.54. The van der Waals surface area contributed by atoms with Gasteiger partial charge in [-0.3, -0.25) is 9.36 Å². The number of oxazole rings is 1. The Morgan fingerprint density at radius 3 is 2.55 bits per heavy atom. The summed E-state index contributed by atoms with van der Waals surface area (Å²) in [5.41, 5.74) is 4.50. The van der Waals surface area contributed by atoms with Crippen LogP contribution in [0.1, 0.15) is 46.2 Å². The summed E-state index contributed by atoms with van der Waals surface area (Å²) in [6, 6.07) is 7.29. The van der Waals surface area contributed by atoms with Crippen molar-refractivity contribution in [2.24, 2.45) is 0 Å². The third-order valence-corrected chi connectivity index (χ3v) is 9.66. The molecule has 1 aliphatic carbocycles. The van der Waals surface area contributed by atoms with E-state index in [1.807, 2.05) is 37.4 Å². The fourth-order valence-corrected chi connectivity index (χ4v) is 7.62. The Labute approximate surface area is 201 Å². The lowest BCUT2D eigenvalue weighted by Gasteiger charge is -2.17. The molecule has 33 heavy (non-hydrogen) atoms. The summed E-state index contributed by atoms with van der Waals surface area (Å²) in [7, 11) is -3.17. The second kappa shape index (κ2) is 10.2. The number of hydrogen-bond acceptors (Lipinski definition) is 8. The summed E-state index contributed by atoms with van der Waals surface area (Å²) in [6.45, 7) is 6.08. The molecule has 1 aliphatic rings. The van der Waals surface area contributed by atoms with Crippen LogP contribution >= 0.6 is 30.7 Å². The monoisotopic (exact) mass is 506 g/mol. The lowest BCUT2D eigenvalue weighted by molar-refractivity contribution is 0.102. The fraction of sp³-hybridized carbons (Fsp3) is 0.391. The van der Waals surface area contributed by atoms with Gasteiger partial charge in [0.1, 0.15) is 0 Å². The zero-order valence-electron chi connectivity index (χ0n) is 19.1. The van der Waals surface area contributed by atoms with Crippen LogP contribution in [0, 0.1) is 6.92 Å². The highest BCUT2D eigenvalue weighted by molar-refractivity contribution is 8.00. The Balaban J connectivity index is 1.53. The van der Waals surface area contributed by atoms with Crippen LogP contribution in [-0.2, 0) is 32.6 Å². The predicted octanol–water partition coefficient (Wildman–Crippen LogP) is 6.55. The molecule has 10 heteroatoms. The Hall–Kier alpha value is -1.90. The zero-order valence-corrected chi connectivity index (χ0v) is 21.6. The molecule has 0 saturated carbocycles. The summed E-state index contributed by atoms with van der Waals surface area (Å²) in [5.74, 6) is 1.31. The molecule has 0 saturated heterocycles. The van der Waals surface area contributed by atoms with E-state index in [1.54, 1.807) is 25.6 Å². The van der Waals surface area contributed by atoms with Crippen LogP contribution in [0.4, 0.5) is 5.69 Å². The number of amides is 1. The molecule has 0 atom stereocenters. The van der Waals surface area contributed by atoms with Gasteiger partial charge in [0.15, 0.2) is 11.7 Å². The van der Waals surface area contributed by atoms with Crippen molar-refractivity contribution in [3.05, 3.63) is 51.9 Å². The molecule has 1 aromatic carbocycles. The number of rotatable bonds is 9. The first kappa shape index (κ1) is 24.2. The lowest BCUT2D eigenvalue weighted by atomic mass is 9.95. The van der Waals surface area contributed by atoms with Crippen LogP contribution in [-0.4, -0.2) is 30.4 Å². The highest BCUT2D eigenvalue weighted by Gasteiger charge is 2.31. The van der Waals surface area contributed by atoms with Crippen molar-refractivity contribution in [3.63, 3.8) is 0 Å². The number of benzene rings is 1. The molecule has 3 aromatic rings. The van der Waals surface area contributed by atoms with Gasteiger partial charge in [0.2, 0.25) is 0 Å². The number of anilines is 1. The number of fused-ring (bicyclic) bond motifs is 3. The molecule has 4 rings (SSSR count). The van der Waals surface area contributed by atoms with E-state index >= 15 is 0 Å². The zero-order chi connectivity index (χ0) is 23.6. The van der Waals surface area contributed by atoms with E-state index < -0.39 is 7.60 Å². The van der Waals surface area contributed by atoms with Gasteiger partial charge in [-0.15, -0.1) is 23.1 Å².